The number of aryl methyl sites for hydroxylation is 3. The second kappa shape index (κ2) is 5.75. The van der Waals surface area contributed by atoms with Crippen molar-refractivity contribution in [2.45, 2.75) is 38.9 Å². The number of carbonyl (C=O) groups is 1. The Morgan fingerprint density at radius 2 is 2.20 bits per heavy atom. The Hall–Kier alpha value is -1.69. The molecule has 1 atom stereocenters. The Morgan fingerprint density at radius 3 is 2.75 bits per heavy atom. The fourth-order valence-electron chi connectivity index (χ4n) is 2.22. The quantitative estimate of drug-likeness (QED) is 0.858. The maximum atomic E-state index is 10.7. The van der Waals surface area contributed by atoms with Crippen LogP contribution in [0.2, 0.25) is 0 Å². The number of imidazole rings is 1. The van der Waals surface area contributed by atoms with Gasteiger partial charge in [0.25, 0.3) is 0 Å². The third-order valence-electron chi connectivity index (χ3n) is 3.09. The number of rotatable bonds is 5. The number of carboxylic acids is 1. The molecule has 6 heteroatoms. The third-order valence-corrected chi connectivity index (χ3v) is 4.04. The molecule has 0 bridgehead atoms. The molecule has 2 heterocycles. The lowest BCUT2D eigenvalue weighted by Gasteiger charge is -2.15. The highest BCUT2D eigenvalue weighted by molar-refractivity contribution is 7.99. The van der Waals surface area contributed by atoms with Gasteiger partial charge in [-0.1, -0.05) is 11.8 Å². The molecule has 0 aromatic carbocycles. The molecule has 2 aromatic rings. The Bertz CT molecular complexity index is 630. The summed E-state index contributed by atoms with van der Waals surface area (Å²) in [7, 11) is 0. The van der Waals surface area contributed by atoms with E-state index in [0.29, 0.717) is 0 Å². The first-order chi connectivity index (χ1) is 9.38. The molecular formula is C14H18N2O3S. The van der Waals surface area contributed by atoms with Crippen molar-refractivity contribution in [1.29, 1.82) is 0 Å². The average Bonchev–Trinajstić information content (AvgIpc) is 2.88. The zero-order valence-electron chi connectivity index (χ0n) is 12.0. The van der Waals surface area contributed by atoms with Crippen LogP contribution in [0.3, 0.4) is 0 Å². The highest BCUT2D eigenvalue weighted by atomic mass is 32.2. The normalized spacial score (nSPS) is 12.6. The lowest BCUT2D eigenvalue weighted by molar-refractivity contribution is -0.133. The van der Waals surface area contributed by atoms with Gasteiger partial charge < -0.3 is 14.1 Å². The van der Waals surface area contributed by atoms with Gasteiger partial charge in [-0.2, -0.15) is 0 Å². The minimum Gasteiger partial charge on any atom is -0.481 e. The zero-order valence-corrected chi connectivity index (χ0v) is 12.8. The number of hydrogen-bond acceptors (Lipinski definition) is 4. The number of furan rings is 1. The minimum absolute atomic E-state index is 0.00652. The van der Waals surface area contributed by atoms with Gasteiger partial charge >= 0.3 is 5.97 Å². The Labute approximate surface area is 122 Å². The highest BCUT2D eigenvalue weighted by Gasteiger charge is 2.18. The summed E-state index contributed by atoms with van der Waals surface area (Å²) in [6, 6.07) is 2.07. The van der Waals surface area contributed by atoms with E-state index < -0.39 is 5.97 Å². The minimum atomic E-state index is -0.842. The van der Waals surface area contributed by atoms with Gasteiger partial charge in [-0.3, -0.25) is 4.79 Å². The fraction of sp³-hybridized carbons (Fsp3) is 0.429. The van der Waals surface area contributed by atoms with Crippen molar-refractivity contribution in [2.75, 3.05) is 5.75 Å². The molecule has 2 aromatic heterocycles. The van der Waals surface area contributed by atoms with E-state index in [1.807, 2.05) is 37.6 Å². The van der Waals surface area contributed by atoms with E-state index >= 15 is 0 Å². The highest BCUT2D eigenvalue weighted by Crippen LogP contribution is 2.29. The summed E-state index contributed by atoms with van der Waals surface area (Å²) in [5, 5.41) is 9.52. The van der Waals surface area contributed by atoms with Gasteiger partial charge in [0.1, 0.15) is 11.5 Å². The molecule has 20 heavy (non-hydrogen) atoms. The van der Waals surface area contributed by atoms with Gasteiger partial charge in [-0.05, 0) is 33.8 Å². The number of aliphatic carboxylic acids is 1. The largest absolute Gasteiger partial charge is 0.481 e. The SMILES string of the molecule is Cc1cn(C(C)c2cc(C)oc2C)c(SCC(=O)O)n1. The maximum Gasteiger partial charge on any atom is 0.313 e. The smallest absolute Gasteiger partial charge is 0.313 e. The van der Waals surface area contributed by atoms with Crippen molar-refractivity contribution in [2.24, 2.45) is 0 Å². The molecule has 0 saturated carbocycles. The Morgan fingerprint density at radius 1 is 1.50 bits per heavy atom. The van der Waals surface area contributed by atoms with Gasteiger partial charge in [0, 0.05) is 11.8 Å². The number of hydrogen-bond donors (Lipinski definition) is 1. The maximum absolute atomic E-state index is 10.7. The first-order valence-corrected chi connectivity index (χ1v) is 7.34. The number of carboxylic acid groups (broad SMARTS) is 1. The van der Waals surface area contributed by atoms with Crippen LogP contribution in [0.15, 0.2) is 21.8 Å². The predicted molar refractivity (Wildman–Crippen MR) is 77.3 cm³/mol. The monoisotopic (exact) mass is 294 g/mol. The van der Waals surface area contributed by atoms with Crippen molar-refractivity contribution >= 4 is 17.7 Å². The van der Waals surface area contributed by atoms with Crippen LogP contribution in [0, 0.1) is 20.8 Å². The van der Waals surface area contributed by atoms with E-state index in [1.54, 1.807) is 0 Å². The summed E-state index contributed by atoms with van der Waals surface area (Å²) in [5.74, 6) is 0.925. The van der Waals surface area contributed by atoms with Crippen LogP contribution in [-0.4, -0.2) is 26.4 Å². The van der Waals surface area contributed by atoms with Crippen molar-refractivity contribution in [3.63, 3.8) is 0 Å². The summed E-state index contributed by atoms with van der Waals surface area (Å²) in [4.78, 5) is 15.1. The lowest BCUT2D eigenvalue weighted by atomic mass is 10.1. The van der Waals surface area contributed by atoms with Crippen molar-refractivity contribution in [1.82, 2.24) is 9.55 Å². The molecule has 0 amide bonds. The zero-order chi connectivity index (χ0) is 14.9. The summed E-state index contributed by atoms with van der Waals surface area (Å²) in [6.45, 7) is 7.82. The molecule has 1 unspecified atom stereocenters. The molecule has 0 radical (unpaired) electrons. The van der Waals surface area contributed by atoms with Crippen LogP contribution in [-0.2, 0) is 4.79 Å². The fourth-order valence-corrected chi connectivity index (χ4v) is 3.04. The second-order valence-corrected chi connectivity index (χ2v) is 5.74. The lowest BCUT2D eigenvalue weighted by Crippen LogP contribution is -2.08. The summed E-state index contributed by atoms with van der Waals surface area (Å²) < 4.78 is 7.57. The van der Waals surface area contributed by atoms with E-state index in [9.17, 15) is 4.79 Å². The molecule has 1 N–H and O–H groups in total. The van der Waals surface area contributed by atoms with Crippen molar-refractivity contribution in [3.8, 4) is 0 Å². The van der Waals surface area contributed by atoms with Crippen LogP contribution >= 0.6 is 11.8 Å². The number of thioether (sulfide) groups is 1. The van der Waals surface area contributed by atoms with Crippen molar-refractivity contribution in [3.05, 3.63) is 35.0 Å². The van der Waals surface area contributed by atoms with E-state index in [1.165, 1.54) is 11.8 Å². The molecular weight excluding hydrogens is 276 g/mol. The number of nitrogens with zero attached hydrogens (tertiary/aromatic N) is 2. The summed E-state index contributed by atoms with van der Waals surface area (Å²) in [6.07, 6.45) is 1.94. The number of aromatic nitrogens is 2. The van der Waals surface area contributed by atoms with Gasteiger partial charge in [0.15, 0.2) is 5.16 Å². The first kappa shape index (κ1) is 14.7. The van der Waals surface area contributed by atoms with Crippen LogP contribution in [0.4, 0.5) is 0 Å². The molecule has 0 aliphatic heterocycles. The average molecular weight is 294 g/mol. The molecule has 0 saturated heterocycles. The van der Waals surface area contributed by atoms with Crippen LogP contribution < -0.4 is 0 Å². The van der Waals surface area contributed by atoms with E-state index in [0.717, 1.165) is 27.9 Å². The molecule has 0 aliphatic carbocycles. The molecule has 5 nitrogen and oxygen atoms in total. The van der Waals surface area contributed by atoms with E-state index in [2.05, 4.69) is 11.9 Å². The molecule has 0 aliphatic rings. The second-order valence-electron chi connectivity index (χ2n) is 4.80. The molecule has 2 rings (SSSR count). The standard InChI is InChI=1S/C14H18N2O3S/c1-8-6-16(14(15-8)20-7-13(17)18)10(3)12-5-9(2)19-11(12)4/h5-6,10H,7H2,1-4H3,(H,17,18). The summed E-state index contributed by atoms with van der Waals surface area (Å²) in [5.41, 5.74) is 1.97. The Kier molecular flexibility index (Phi) is 4.23. The molecule has 0 spiro atoms. The van der Waals surface area contributed by atoms with Crippen LogP contribution in [0.1, 0.15) is 35.7 Å². The van der Waals surface area contributed by atoms with Gasteiger partial charge in [-0.25, -0.2) is 4.98 Å². The van der Waals surface area contributed by atoms with Crippen LogP contribution in [0.5, 0.6) is 0 Å². The predicted octanol–water partition coefficient (Wildman–Crippen LogP) is 3.19. The van der Waals surface area contributed by atoms with Gasteiger partial charge in [0.05, 0.1) is 17.5 Å². The van der Waals surface area contributed by atoms with Gasteiger partial charge in [0.2, 0.25) is 0 Å². The third kappa shape index (κ3) is 3.07. The van der Waals surface area contributed by atoms with E-state index in [4.69, 9.17) is 9.52 Å². The Balaban J connectivity index is 2.31. The summed E-state index contributed by atoms with van der Waals surface area (Å²) >= 11 is 1.23. The van der Waals surface area contributed by atoms with Crippen molar-refractivity contribution < 1.29 is 14.3 Å². The van der Waals surface area contributed by atoms with E-state index in [-0.39, 0.29) is 11.8 Å². The van der Waals surface area contributed by atoms with Gasteiger partial charge in [-0.15, -0.1) is 0 Å². The first-order valence-electron chi connectivity index (χ1n) is 6.35. The molecule has 0 fully saturated rings. The van der Waals surface area contributed by atoms with Crippen LogP contribution in [0.25, 0.3) is 0 Å². The molecule has 108 valence electrons. The topological polar surface area (TPSA) is 68.3 Å².